The maximum Gasteiger partial charge on any atom is 0.269 e. The molecule has 4 rings (SSSR count). The number of nitrogens with zero attached hydrogens (tertiary/aromatic N) is 4. The van der Waals surface area contributed by atoms with Gasteiger partial charge in [-0.05, 0) is 36.4 Å². The van der Waals surface area contributed by atoms with E-state index in [9.17, 15) is 4.79 Å². The molecule has 9 heteroatoms. The summed E-state index contributed by atoms with van der Waals surface area (Å²) in [5.41, 5.74) is 0.447. The summed E-state index contributed by atoms with van der Waals surface area (Å²) in [6, 6.07) is 14.6. The third kappa shape index (κ3) is 3.70. The minimum absolute atomic E-state index is 0.194. The van der Waals surface area contributed by atoms with Gasteiger partial charge < -0.3 is 9.47 Å². The number of thioether (sulfide) groups is 1. The van der Waals surface area contributed by atoms with E-state index in [0.29, 0.717) is 34.4 Å². The van der Waals surface area contributed by atoms with Gasteiger partial charge in [0, 0.05) is 5.75 Å². The van der Waals surface area contributed by atoms with Crippen molar-refractivity contribution in [2.45, 2.75) is 5.16 Å². The topological polar surface area (TPSA) is 94.9 Å². The van der Waals surface area contributed by atoms with Gasteiger partial charge >= 0.3 is 0 Å². The molecule has 28 heavy (non-hydrogen) atoms. The lowest BCUT2D eigenvalue weighted by atomic mass is 10.2. The third-order valence-electron chi connectivity index (χ3n) is 4.00. The standard InChI is InChI=1S/C19H17N5O3S/c1-26-13-6-8-14(9-7-13)27-10-11-28-19-22-16-5-3-2-4-15(16)17(25)24(19)18-20-12-21-23-18/h2-9,12H,10-11H2,1H3,(H,20,21,23). The normalized spacial score (nSPS) is 10.9. The van der Waals surface area contributed by atoms with E-state index in [1.165, 1.54) is 22.7 Å². The average Bonchev–Trinajstić information content (AvgIpc) is 3.26. The van der Waals surface area contributed by atoms with Gasteiger partial charge in [-0.3, -0.25) is 4.79 Å². The van der Waals surface area contributed by atoms with Crippen molar-refractivity contribution in [1.29, 1.82) is 0 Å². The molecule has 0 fully saturated rings. The number of aromatic amines is 1. The van der Waals surface area contributed by atoms with E-state index < -0.39 is 0 Å². The molecule has 0 aliphatic carbocycles. The van der Waals surface area contributed by atoms with Crippen LogP contribution >= 0.6 is 11.8 Å². The first kappa shape index (κ1) is 18.1. The van der Waals surface area contributed by atoms with Crippen LogP contribution in [0.5, 0.6) is 11.5 Å². The second-order valence-corrected chi connectivity index (χ2v) is 6.80. The third-order valence-corrected chi connectivity index (χ3v) is 4.90. The smallest absolute Gasteiger partial charge is 0.269 e. The van der Waals surface area contributed by atoms with E-state index in [1.807, 2.05) is 42.5 Å². The van der Waals surface area contributed by atoms with E-state index in [1.54, 1.807) is 13.2 Å². The van der Waals surface area contributed by atoms with Crippen molar-refractivity contribution in [1.82, 2.24) is 24.7 Å². The molecule has 0 spiro atoms. The van der Waals surface area contributed by atoms with Gasteiger partial charge in [-0.25, -0.2) is 14.6 Å². The summed E-state index contributed by atoms with van der Waals surface area (Å²) in [5, 5.41) is 7.63. The molecule has 1 N–H and O–H groups in total. The number of aromatic nitrogens is 5. The van der Waals surface area contributed by atoms with E-state index in [4.69, 9.17) is 9.47 Å². The van der Waals surface area contributed by atoms with E-state index in [-0.39, 0.29) is 5.56 Å². The van der Waals surface area contributed by atoms with Crippen LogP contribution in [-0.2, 0) is 0 Å². The Morgan fingerprint density at radius 3 is 2.64 bits per heavy atom. The first-order valence-electron chi connectivity index (χ1n) is 8.53. The first-order valence-corrected chi connectivity index (χ1v) is 9.52. The van der Waals surface area contributed by atoms with Crippen LogP contribution in [0.1, 0.15) is 0 Å². The number of methoxy groups -OCH3 is 1. The molecule has 2 heterocycles. The zero-order valence-corrected chi connectivity index (χ0v) is 15.8. The van der Waals surface area contributed by atoms with Gasteiger partial charge in [0.25, 0.3) is 5.56 Å². The van der Waals surface area contributed by atoms with Gasteiger partial charge in [-0.2, -0.15) is 10.1 Å². The van der Waals surface area contributed by atoms with Gasteiger partial charge in [0.05, 0.1) is 24.6 Å². The Morgan fingerprint density at radius 1 is 1.11 bits per heavy atom. The number of para-hydroxylation sites is 1. The van der Waals surface area contributed by atoms with Crippen LogP contribution < -0.4 is 15.0 Å². The molecular weight excluding hydrogens is 378 g/mol. The Bertz CT molecular complexity index is 1130. The molecular formula is C19H17N5O3S. The van der Waals surface area contributed by atoms with Crippen molar-refractivity contribution in [3.8, 4) is 17.4 Å². The Labute approximate surface area is 164 Å². The second kappa shape index (κ2) is 8.13. The summed E-state index contributed by atoms with van der Waals surface area (Å²) in [4.78, 5) is 21.7. The number of H-pyrrole nitrogens is 1. The molecule has 0 atom stereocenters. The average molecular weight is 395 g/mol. The highest BCUT2D eigenvalue weighted by atomic mass is 32.2. The molecule has 0 unspecified atom stereocenters. The molecule has 0 amide bonds. The minimum atomic E-state index is -0.194. The predicted molar refractivity (Wildman–Crippen MR) is 106 cm³/mol. The highest BCUT2D eigenvalue weighted by molar-refractivity contribution is 7.99. The lowest BCUT2D eigenvalue weighted by molar-refractivity contribution is 0.342. The Morgan fingerprint density at radius 2 is 1.89 bits per heavy atom. The Hall–Kier alpha value is -3.33. The maximum atomic E-state index is 12.9. The van der Waals surface area contributed by atoms with E-state index in [2.05, 4.69) is 20.2 Å². The summed E-state index contributed by atoms with van der Waals surface area (Å²) in [6.45, 7) is 0.454. The molecule has 2 aromatic heterocycles. The maximum absolute atomic E-state index is 12.9. The fourth-order valence-electron chi connectivity index (χ4n) is 2.67. The minimum Gasteiger partial charge on any atom is -0.497 e. The van der Waals surface area contributed by atoms with Crippen molar-refractivity contribution >= 4 is 22.7 Å². The van der Waals surface area contributed by atoms with Crippen LogP contribution in [0.15, 0.2) is 64.8 Å². The number of hydrogen-bond donors (Lipinski definition) is 1. The summed E-state index contributed by atoms with van der Waals surface area (Å²) < 4.78 is 12.3. The van der Waals surface area contributed by atoms with E-state index in [0.717, 1.165) is 11.5 Å². The molecule has 0 bridgehead atoms. The SMILES string of the molecule is COc1ccc(OCCSc2nc3ccccc3c(=O)n2-c2ncn[nH]2)cc1. The molecule has 8 nitrogen and oxygen atoms in total. The molecule has 2 aromatic carbocycles. The summed E-state index contributed by atoms with van der Waals surface area (Å²) >= 11 is 1.42. The molecule has 0 aliphatic heterocycles. The van der Waals surface area contributed by atoms with Crippen molar-refractivity contribution in [2.75, 3.05) is 19.5 Å². The highest BCUT2D eigenvalue weighted by Crippen LogP contribution is 2.21. The van der Waals surface area contributed by atoms with Crippen LogP contribution in [0.3, 0.4) is 0 Å². The van der Waals surface area contributed by atoms with Crippen LogP contribution in [0.2, 0.25) is 0 Å². The van der Waals surface area contributed by atoms with Gasteiger partial charge in [0.1, 0.15) is 17.8 Å². The quantitative estimate of drug-likeness (QED) is 0.292. The Kier molecular flexibility index (Phi) is 5.24. The molecule has 0 radical (unpaired) electrons. The summed E-state index contributed by atoms with van der Waals surface area (Å²) in [6.07, 6.45) is 1.36. The van der Waals surface area contributed by atoms with Crippen LogP contribution in [0.4, 0.5) is 0 Å². The van der Waals surface area contributed by atoms with E-state index >= 15 is 0 Å². The molecule has 0 saturated heterocycles. The molecule has 4 aromatic rings. The monoisotopic (exact) mass is 395 g/mol. The summed E-state index contributed by atoms with van der Waals surface area (Å²) in [5.74, 6) is 2.46. The van der Waals surface area contributed by atoms with Crippen molar-refractivity contribution in [3.63, 3.8) is 0 Å². The largest absolute Gasteiger partial charge is 0.497 e. The Balaban J connectivity index is 1.54. The zero-order valence-electron chi connectivity index (χ0n) is 15.0. The summed E-state index contributed by atoms with van der Waals surface area (Å²) in [7, 11) is 1.62. The fourth-order valence-corrected chi connectivity index (χ4v) is 3.48. The van der Waals surface area contributed by atoms with Gasteiger partial charge in [-0.1, -0.05) is 23.9 Å². The van der Waals surface area contributed by atoms with Crippen molar-refractivity contribution in [2.24, 2.45) is 0 Å². The fraction of sp³-hybridized carbons (Fsp3) is 0.158. The van der Waals surface area contributed by atoms with Gasteiger partial charge in [0.2, 0.25) is 5.95 Å². The number of fused-ring (bicyclic) bond motifs is 1. The number of ether oxygens (including phenoxy) is 2. The molecule has 142 valence electrons. The predicted octanol–water partition coefficient (Wildman–Crippen LogP) is 2.68. The number of hydrogen-bond acceptors (Lipinski definition) is 7. The molecule has 0 saturated carbocycles. The van der Waals surface area contributed by atoms with Crippen molar-refractivity contribution in [3.05, 3.63) is 65.2 Å². The van der Waals surface area contributed by atoms with Crippen LogP contribution in [-0.4, -0.2) is 44.2 Å². The van der Waals surface area contributed by atoms with Gasteiger partial charge in [-0.15, -0.1) is 0 Å². The number of benzene rings is 2. The highest BCUT2D eigenvalue weighted by Gasteiger charge is 2.15. The van der Waals surface area contributed by atoms with Crippen LogP contribution in [0, 0.1) is 0 Å². The van der Waals surface area contributed by atoms with Crippen LogP contribution in [0.25, 0.3) is 16.9 Å². The first-order chi connectivity index (χ1) is 13.8. The number of rotatable bonds is 7. The van der Waals surface area contributed by atoms with Gasteiger partial charge in [0.15, 0.2) is 5.16 Å². The zero-order chi connectivity index (χ0) is 19.3. The van der Waals surface area contributed by atoms with Crippen molar-refractivity contribution < 1.29 is 9.47 Å². The second-order valence-electron chi connectivity index (χ2n) is 5.73. The molecule has 0 aliphatic rings. The number of nitrogens with one attached hydrogen (secondary N) is 1. The lowest BCUT2D eigenvalue weighted by Crippen LogP contribution is -2.23. The lowest BCUT2D eigenvalue weighted by Gasteiger charge is -2.11.